The van der Waals surface area contributed by atoms with Gasteiger partial charge >= 0.3 is 0 Å². The molecule has 5 nitrogen and oxygen atoms in total. The van der Waals surface area contributed by atoms with Crippen LogP contribution in [0.15, 0.2) is 60.3 Å². The molecule has 0 aliphatic heterocycles. The quantitative estimate of drug-likeness (QED) is 0.602. The van der Waals surface area contributed by atoms with Crippen LogP contribution >= 0.6 is 0 Å². The topological polar surface area (TPSA) is 74.1 Å². The monoisotopic (exact) mass is 335 g/mol. The zero-order valence-corrected chi connectivity index (χ0v) is 14.4. The van der Waals surface area contributed by atoms with E-state index in [1.54, 1.807) is 7.11 Å². The molecule has 2 N–H and O–H groups in total. The number of carbonyl (C=O) groups excluding carboxylic acids is 1. The van der Waals surface area contributed by atoms with Crippen LogP contribution in [0.4, 0.5) is 5.69 Å². The van der Waals surface area contributed by atoms with Crippen LogP contribution in [-0.2, 0) is 11.2 Å². The predicted octanol–water partition coefficient (Wildman–Crippen LogP) is 3.18. The van der Waals surface area contributed by atoms with Gasteiger partial charge in [-0.3, -0.25) is 4.79 Å². The Morgan fingerprint density at radius 3 is 2.68 bits per heavy atom. The minimum absolute atomic E-state index is 0.0108. The van der Waals surface area contributed by atoms with Gasteiger partial charge in [-0.25, -0.2) is 0 Å². The molecule has 0 bridgehead atoms. The standard InChI is InChI=1S/C20H21N3O2/c1-15-8-9-19(25-2)18(12-15)23-14-17(13-21)20(24)22-11-10-16-6-4-3-5-7-16/h3-9,12,14,23H,10-11H2,1-2H3,(H,22,24)/b17-14-. The lowest BCUT2D eigenvalue weighted by Gasteiger charge is -2.10. The molecular weight excluding hydrogens is 314 g/mol. The molecule has 2 aromatic carbocycles. The molecule has 2 rings (SSSR count). The number of amides is 1. The highest BCUT2D eigenvalue weighted by Gasteiger charge is 2.09. The zero-order chi connectivity index (χ0) is 18.1. The number of methoxy groups -OCH3 is 1. The summed E-state index contributed by atoms with van der Waals surface area (Å²) in [4.78, 5) is 12.1. The molecule has 0 fully saturated rings. The van der Waals surface area contributed by atoms with E-state index in [2.05, 4.69) is 10.6 Å². The molecule has 0 aliphatic rings. The second-order valence-corrected chi connectivity index (χ2v) is 5.51. The molecule has 2 aromatic rings. The van der Waals surface area contributed by atoms with E-state index < -0.39 is 5.91 Å². The van der Waals surface area contributed by atoms with Crippen molar-refractivity contribution in [3.8, 4) is 11.8 Å². The largest absolute Gasteiger partial charge is 0.495 e. The number of carbonyl (C=O) groups is 1. The van der Waals surface area contributed by atoms with Crippen LogP contribution in [-0.4, -0.2) is 19.6 Å². The predicted molar refractivity (Wildman–Crippen MR) is 98.2 cm³/mol. The molecular formula is C20H21N3O2. The number of nitrogens with zero attached hydrogens (tertiary/aromatic N) is 1. The number of aryl methyl sites for hydroxylation is 1. The van der Waals surface area contributed by atoms with Gasteiger partial charge < -0.3 is 15.4 Å². The van der Waals surface area contributed by atoms with Crippen LogP contribution in [0, 0.1) is 18.3 Å². The van der Waals surface area contributed by atoms with Crippen LogP contribution in [0.1, 0.15) is 11.1 Å². The Morgan fingerprint density at radius 2 is 2.00 bits per heavy atom. The third kappa shape index (κ3) is 5.40. The van der Waals surface area contributed by atoms with Gasteiger partial charge in [-0.05, 0) is 36.6 Å². The molecule has 0 saturated heterocycles. The smallest absolute Gasteiger partial charge is 0.263 e. The average Bonchev–Trinajstić information content (AvgIpc) is 2.63. The molecule has 0 saturated carbocycles. The summed E-state index contributed by atoms with van der Waals surface area (Å²) < 4.78 is 5.27. The number of hydrogen-bond acceptors (Lipinski definition) is 4. The Morgan fingerprint density at radius 1 is 1.24 bits per heavy atom. The fourth-order valence-corrected chi connectivity index (χ4v) is 2.29. The highest BCUT2D eigenvalue weighted by Crippen LogP contribution is 2.25. The Kier molecular flexibility index (Phi) is 6.61. The van der Waals surface area contributed by atoms with Crippen molar-refractivity contribution in [2.45, 2.75) is 13.3 Å². The van der Waals surface area contributed by atoms with Crippen molar-refractivity contribution in [3.63, 3.8) is 0 Å². The van der Waals surface area contributed by atoms with Gasteiger partial charge in [0.05, 0.1) is 12.8 Å². The van der Waals surface area contributed by atoms with Crippen LogP contribution in [0.3, 0.4) is 0 Å². The molecule has 0 spiro atoms. The summed E-state index contributed by atoms with van der Waals surface area (Å²) in [5, 5.41) is 15.0. The minimum Gasteiger partial charge on any atom is -0.495 e. The van der Waals surface area contributed by atoms with Crippen molar-refractivity contribution in [2.24, 2.45) is 0 Å². The van der Waals surface area contributed by atoms with Crippen molar-refractivity contribution < 1.29 is 9.53 Å². The van der Waals surface area contributed by atoms with E-state index in [9.17, 15) is 10.1 Å². The van der Waals surface area contributed by atoms with E-state index in [1.807, 2.05) is 61.5 Å². The highest BCUT2D eigenvalue weighted by atomic mass is 16.5. The fraction of sp³-hybridized carbons (Fsp3) is 0.200. The van der Waals surface area contributed by atoms with Crippen LogP contribution in [0.5, 0.6) is 5.75 Å². The number of ether oxygens (including phenoxy) is 1. The SMILES string of the molecule is COc1ccc(C)cc1N/C=C(/C#N)C(=O)NCCc1ccccc1. The summed E-state index contributed by atoms with van der Waals surface area (Å²) in [7, 11) is 1.57. The summed E-state index contributed by atoms with van der Waals surface area (Å²) in [6, 6.07) is 17.4. The number of rotatable bonds is 7. The summed E-state index contributed by atoms with van der Waals surface area (Å²) >= 11 is 0. The van der Waals surface area contributed by atoms with E-state index in [4.69, 9.17) is 4.74 Å². The van der Waals surface area contributed by atoms with E-state index in [-0.39, 0.29) is 5.57 Å². The molecule has 1 amide bonds. The minimum atomic E-state index is -0.405. The molecule has 0 atom stereocenters. The Bertz CT molecular complexity index is 792. The molecule has 5 heteroatoms. The molecule has 0 radical (unpaired) electrons. The molecule has 128 valence electrons. The third-order valence-electron chi connectivity index (χ3n) is 3.63. The number of nitriles is 1. The van der Waals surface area contributed by atoms with Crippen molar-refractivity contribution in [2.75, 3.05) is 19.0 Å². The Labute approximate surface area is 147 Å². The summed E-state index contributed by atoms with van der Waals surface area (Å²) in [5.74, 6) is 0.237. The zero-order valence-electron chi connectivity index (χ0n) is 14.4. The molecule has 0 aromatic heterocycles. The van der Waals surface area contributed by atoms with E-state index in [0.29, 0.717) is 24.4 Å². The maximum absolute atomic E-state index is 12.1. The van der Waals surface area contributed by atoms with Gasteiger partial charge in [0.25, 0.3) is 5.91 Å². The van der Waals surface area contributed by atoms with Gasteiger partial charge in [-0.15, -0.1) is 0 Å². The first-order valence-corrected chi connectivity index (χ1v) is 7.97. The van der Waals surface area contributed by atoms with Gasteiger partial charge in [0, 0.05) is 12.7 Å². The number of hydrogen-bond donors (Lipinski definition) is 2. The summed E-state index contributed by atoms with van der Waals surface area (Å²) in [5.41, 5.74) is 2.89. The molecule has 25 heavy (non-hydrogen) atoms. The molecule has 0 unspecified atom stereocenters. The lowest BCUT2D eigenvalue weighted by atomic mass is 10.1. The lowest BCUT2D eigenvalue weighted by molar-refractivity contribution is -0.117. The second kappa shape index (κ2) is 9.14. The van der Waals surface area contributed by atoms with Crippen molar-refractivity contribution in [1.29, 1.82) is 5.26 Å². The molecule has 0 heterocycles. The first-order chi connectivity index (χ1) is 12.1. The maximum Gasteiger partial charge on any atom is 0.263 e. The maximum atomic E-state index is 12.1. The van der Waals surface area contributed by atoms with E-state index in [0.717, 1.165) is 11.1 Å². The van der Waals surface area contributed by atoms with Crippen LogP contribution in [0.2, 0.25) is 0 Å². The number of anilines is 1. The lowest BCUT2D eigenvalue weighted by Crippen LogP contribution is -2.27. The van der Waals surface area contributed by atoms with Crippen molar-refractivity contribution >= 4 is 11.6 Å². The number of nitrogens with one attached hydrogen (secondary N) is 2. The van der Waals surface area contributed by atoms with Crippen molar-refractivity contribution in [3.05, 3.63) is 71.4 Å². The van der Waals surface area contributed by atoms with Crippen molar-refractivity contribution in [1.82, 2.24) is 5.32 Å². The van der Waals surface area contributed by atoms with E-state index >= 15 is 0 Å². The Hall–Kier alpha value is -3.26. The van der Waals surface area contributed by atoms with Gasteiger partial charge in [0.1, 0.15) is 17.4 Å². The average molecular weight is 335 g/mol. The fourth-order valence-electron chi connectivity index (χ4n) is 2.29. The summed E-state index contributed by atoms with van der Waals surface area (Å²) in [6.07, 6.45) is 2.11. The van der Waals surface area contributed by atoms with Gasteiger partial charge in [-0.2, -0.15) is 5.26 Å². The Balaban J connectivity index is 1.96. The summed E-state index contributed by atoms with van der Waals surface area (Å²) in [6.45, 7) is 2.42. The van der Waals surface area contributed by atoms with Gasteiger partial charge in [0.2, 0.25) is 0 Å². The second-order valence-electron chi connectivity index (χ2n) is 5.51. The first-order valence-electron chi connectivity index (χ1n) is 7.97. The first kappa shape index (κ1) is 18.1. The van der Waals surface area contributed by atoms with Gasteiger partial charge in [0.15, 0.2) is 0 Å². The van der Waals surface area contributed by atoms with Crippen LogP contribution < -0.4 is 15.4 Å². The van der Waals surface area contributed by atoms with Gasteiger partial charge in [-0.1, -0.05) is 36.4 Å². The molecule has 0 aliphatic carbocycles. The number of benzene rings is 2. The highest BCUT2D eigenvalue weighted by molar-refractivity contribution is 5.97. The van der Waals surface area contributed by atoms with E-state index in [1.165, 1.54) is 6.20 Å². The normalized spacial score (nSPS) is 10.7. The van der Waals surface area contributed by atoms with Crippen LogP contribution in [0.25, 0.3) is 0 Å². The third-order valence-corrected chi connectivity index (χ3v) is 3.63.